The summed E-state index contributed by atoms with van der Waals surface area (Å²) in [5.74, 6) is 1.51. The molecule has 0 amide bonds. The van der Waals surface area contributed by atoms with E-state index in [9.17, 15) is 0 Å². The molecule has 3 nitrogen and oxygen atoms in total. The normalized spacial score (nSPS) is 17.8. The van der Waals surface area contributed by atoms with Gasteiger partial charge in [0.1, 0.15) is 5.82 Å². The molecule has 16 heavy (non-hydrogen) atoms. The molecule has 1 fully saturated rings. The molecule has 0 unspecified atom stereocenters. The predicted molar refractivity (Wildman–Crippen MR) is 68.7 cm³/mol. The van der Waals surface area contributed by atoms with Gasteiger partial charge in [0.25, 0.3) is 0 Å². The van der Waals surface area contributed by atoms with Crippen LogP contribution < -0.4 is 4.90 Å². The smallest absolute Gasteiger partial charge is 0.143 e. The number of aryl methyl sites for hydroxylation is 1. The van der Waals surface area contributed by atoms with Gasteiger partial charge in [0, 0.05) is 25.9 Å². The highest BCUT2D eigenvalue weighted by atomic mass is 79.9. The van der Waals surface area contributed by atoms with Crippen molar-refractivity contribution in [3.05, 3.63) is 22.3 Å². The quantitative estimate of drug-likeness (QED) is 0.906. The van der Waals surface area contributed by atoms with Crippen LogP contribution in [0.4, 0.5) is 5.82 Å². The highest BCUT2D eigenvalue weighted by molar-refractivity contribution is 9.10. The Balaban J connectivity index is 2.11. The number of aliphatic hydroxyl groups is 1. The topological polar surface area (TPSA) is 36.4 Å². The van der Waals surface area contributed by atoms with E-state index in [0.717, 1.165) is 36.2 Å². The van der Waals surface area contributed by atoms with Gasteiger partial charge in [0.05, 0.1) is 4.47 Å². The third kappa shape index (κ3) is 2.38. The second-order valence-corrected chi connectivity index (χ2v) is 5.17. The van der Waals surface area contributed by atoms with Crippen LogP contribution in [-0.4, -0.2) is 29.8 Å². The molecule has 88 valence electrons. The second-order valence-electron chi connectivity index (χ2n) is 4.38. The number of aromatic nitrogens is 1. The monoisotopic (exact) mass is 284 g/mol. The summed E-state index contributed by atoms with van der Waals surface area (Å²) in [7, 11) is 0. The van der Waals surface area contributed by atoms with Crippen LogP contribution >= 0.6 is 15.9 Å². The Morgan fingerprint density at radius 3 is 2.81 bits per heavy atom. The first-order valence-electron chi connectivity index (χ1n) is 5.69. The summed E-state index contributed by atoms with van der Waals surface area (Å²) < 4.78 is 1.09. The summed E-state index contributed by atoms with van der Waals surface area (Å²) in [6.07, 6.45) is 3.96. The molecule has 0 radical (unpaired) electrons. The third-order valence-electron chi connectivity index (χ3n) is 3.24. The van der Waals surface area contributed by atoms with Gasteiger partial charge in [-0.1, -0.05) is 0 Å². The van der Waals surface area contributed by atoms with Crippen molar-refractivity contribution < 1.29 is 5.11 Å². The zero-order valence-corrected chi connectivity index (χ0v) is 11.1. The molecule has 1 N–H and O–H groups in total. The number of nitrogens with zero attached hydrogens (tertiary/aromatic N) is 2. The van der Waals surface area contributed by atoms with Crippen LogP contribution in [-0.2, 0) is 0 Å². The van der Waals surface area contributed by atoms with Crippen LogP contribution in [0.1, 0.15) is 18.4 Å². The van der Waals surface area contributed by atoms with E-state index in [4.69, 9.17) is 5.11 Å². The molecule has 0 atom stereocenters. The van der Waals surface area contributed by atoms with Gasteiger partial charge in [0.15, 0.2) is 0 Å². The first-order chi connectivity index (χ1) is 7.72. The van der Waals surface area contributed by atoms with Crippen molar-refractivity contribution in [2.24, 2.45) is 5.92 Å². The van der Waals surface area contributed by atoms with E-state index in [1.807, 2.05) is 12.3 Å². The van der Waals surface area contributed by atoms with Gasteiger partial charge in [-0.2, -0.15) is 0 Å². The molecule has 1 aromatic rings. The lowest BCUT2D eigenvalue weighted by Gasteiger charge is -2.32. The number of halogens is 1. The Bertz CT molecular complexity index is 362. The Morgan fingerprint density at radius 2 is 2.19 bits per heavy atom. The molecule has 0 aromatic carbocycles. The van der Waals surface area contributed by atoms with Crippen molar-refractivity contribution in [2.75, 3.05) is 24.6 Å². The molecule has 2 heterocycles. The Labute approximate surface area is 105 Å². The van der Waals surface area contributed by atoms with E-state index < -0.39 is 0 Å². The summed E-state index contributed by atoms with van der Waals surface area (Å²) in [6, 6.07) is 2.01. The standard InChI is InChI=1S/C12H17BrN2O/c1-9-2-5-14-12(11(9)13)15-6-3-10(8-16)4-7-15/h2,5,10,16H,3-4,6-8H2,1H3. The molecule has 1 aliphatic heterocycles. The van der Waals surface area contributed by atoms with Crippen molar-refractivity contribution in [1.29, 1.82) is 0 Å². The fraction of sp³-hybridized carbons (Fsp3) is 0.583. The minimum absolute atomic E-state index is 0.316. The molecule has 0 aliphatic carbocycles. The zero-order valence-electron chi connectivity index (χ0n) is 9.49. The second kappa shape index (κ2) is 5.15. The number of piperidine rings is 1. The van der Waals surface area contributed by atoms with Crippen molar-refractivity contribution in [3.63, 3.8) is 0 Å². The SMILES string of the molecule is Cc1ccnc(N2CCC(CO)CC2)c1Br. The van der Waals surface area contributed by atoms with Gasteiger partial charge < -0.3 is 10.0 Å². The van der Waals surface area contributed by atoms with Gasteiger partial charge in [-0.15, -0.1) is 0 Å². The van der Waals surface area contributed by atoms with Crippen molar-refractivity contribution in [3.8, 4) is 0 Å². The number of aliphatic hydroxyl groups excluding tert-OH is 1. The van der Waals surface area contributed by atoms with Crippen LogP contribution in [0, 0.1) is 12.8 Å². The molecular weight excluding hydrogens is 268 g/mol. The molecule has 4 heteroatoms. The van der Waals surface area contributed by atoms with Crippen LogP contribution in [0.3, 0.4) is 0 Å². The fourth-order valence-corrected chi connectivity index (χ4v) is 2.56. The average molecular weight is 285 g/mol. The maximum Gasteiger partial charge on any atom is 0.143 e. The number of pyridine rings is 1. The van der Waals surface area contributed by atoms with E-state index in [2.05, 4.69) is 32.7 Å². The molecule has 0 bridgehead atoms. The maximum atomic E-state index is 9.10. The molecule has 1 saturated heterocycles. The Hall–Kier alpha value is -0.610. The first-order valence-corrected chi connectivity index (χ1v) is 6.48. The van der Waals surface area contributed by atoms with Gasteiger partial charge in [-0.25, -0.2) is 4.98 Å². The molecule has 0 spiro atoms. The zero-order chi connectivity index (χ0) is 11.5. The van der Waals surface area contributed by atoms with Gasteiger partial charge >= 0.3 is 0 Å². The number of hydrogen-bond acceptors (Lipinski definition) is 3. The van der Waals surface area contributed by atoms with Crippen LogP contribution in [0.2, 0.25) is 0 Å². The number of anilines is 1. The van der Waals surface area contributed by atoms with Gasteiger partial charge in [-0.3, -0.25) is 0 Å². The summed E-state index contributed by atoms with van der Waals surface area (Å²) in [6.45, 7) is 4.37. The summed E-state index contributed by atoms with van der Waals surface area (Å²) in [4.78, 5) is 6.73. The minimum atomic E-state index is 0.316. The van der Waals surface area contributed by atoms with Crippen LogP contribution in [0.15, 0.2) is 16.7 Å². The lowest BCUT2D eigenvalue weighted by atomic mass is 9.98. The lowest BCUT2D eigenvalue weighted by molar-refractivity contribution is 0.202. The minimum Gasteiger partial charge on any atom is -0.396 e. The number of hydrogen-bond donors (Lipinski definition) is 1. The van der Waals surface area contributed by atoms with Crippen LogP contribution in [0.5, 0.6) is 0 Å². The van der Waals surface area contributed by atoms with Crippen molar-refractivity contribution in [1.82, 2.24) is 4.98 Å². The maximum absolute atomic E-state index is 9.10. The fourth-order valence-electron chi connectivity index (χ4n) is 2.07. The summed E-state index contributed by atoms with van der Waals surface area (Å²) in [5, 5.41) is 9.10. The lowest BCUT2D eigenvalue weighted by Crippen LogP contribution is -2.35. The van der Waals surface area contributed by atoms with E-state index >= 15 is 0 Å². The van der Waals surface area contributed by atoms with Crippen molar-refractivity contribution in [2.45, 2.75) is 19.8 Å². The van der Waals surface area contributed by atoms with Crippen molar-refractivity contribution >= 4 is 21.7 Å². The van der Waals surface area contributed by atoms with E-state index in [1.54, 1.807) is 0 Å². The summed E-state index contributed by atoms with van der Waals surface area (Å²) >= 11 is 3.59. The molecule has 2 rings (SSSR count). The number of rotatable bonds is 2. The highest BCUT2D eigenvalue weighted by Gasteiger charge is 2.21. The van der Waals surface area contributed by atoms with Gasteiger partial charge in [-0.05, 0) is 53.2 Å². The molecule has 1 aromatic heterocycles. The molecule has 0 saturated carbocycles. The third-order valence-corrected chi connectivity index (χ3v) is 4.22. The largest absolute Gasteiger partial charge is 0.396 e. The van der Waals surface area contributed by atoms with Gasteiger partial charge in [0.2, 0.25) is 0 Å². The van der Waals surface area contributed by atoms with E-state index in [-0.39, 0.29) is 0 Å². The first kappa shape index (κ1) is 11.9. The van der Waals surface area contributed by atoms with Crippen LogP contribution in [0.25, 0.3) is 0 Å². The predicted octanol–water partition coefficient (Wildman–Crippen LogP) is 2.36. The Morgan fingerprint density at radius 1 is 1.50 bits per heavy atom. The van der Waals surface area contributed by atoms with E-state index in [0.29, 0.717) is 12.5 Å². The van der Waals surface area contributed by atoms with E-state index in [1.165, 1.54) is 5.56 Å². The average Bonchev–Trinajstić information content (AvgIpc) is 2.33. The highest BCUT2D eigenvalue weighted by Crippen LogP contribution is 2.29. The molecular formula is C12H17BrN2O. The molecule has 1 aliphatic rings. The Kier molecular flexibility index (Phi) is 3.82. The summed E-state index contributed by atoms with van der Waals surface area (Å²) in [5.41, 5.74) is 1.22.